The molecule has 6 nitrogen and oxygen atoms in total. The number of nitrogens with zero attached hydrogens (tertiary/aromatic N) is 1. The average molecular weight is 381 g/mol. The number of phenols is 1. The van der Waals surface area contributed by atoms with Gasteiger partial charge in [0.1, 0.15) is 23.1 Å². The molecule has 0 amide bonds. The molecule has 1 unspecified atom stereocenters. The average Bonchev–Trinajstić information content (AvgIpc) is 2.73. The second-order valence-corrected chi connectivity index (χ2v) is 6.92. The van der Waals surface area contributed by atoms with Crippen LogP contribution in [0.25, 0.3) is 21.7 Å². The lowest BCUT2D eigenvalue weighted by Crippen LogP contribution is -2.27. The van der Waals surface area contributed by atoms with Gasteiger partial charge in [0.25, 0.3) is 5.56 Å². The van der Waals surface area contributed by atoms with Gasteiger partial charge < -0.3 is 20.6 Å². The standard InChI is InChI=1S/C23H15N3O3/c24-11-17-18(13-5-8-14(27)9-6-13)19-21(29-22(17)25)16-10-7-12-3-1-2-4-15(12)20(16)26-23(19)28/h1-10,18,27H,25H2,(H,26,28). The molecule has 1 aliphatic heterocycles. The highest BCUT2D eigenvalue weighted by Gasteiger charge is 2.34. The third-order valence-electron chi connectivity index (χ3n) is 5.30. The first kappa shape index (κ1) is 16.9. The van der Waals surface area contributed by atoms with Crippen molar-refractivity contribution in [3.05, 3.63) is 93.6 Å². The third-order valence-corrected chi connectivity index (χ3v) is 5.30. The number of allylic oxidation sites excluding steroid dienone is 1. The van der Waals surface area contributed by atoms with Crippen molar-refractivity contribution < 1.29 is 9.84 Å². The Morgan fingerprint density at radius 1 is 1.03 bits per heavy atom. The Bertz CT molecular complexity index is 1430. The molecule has 1 atom stereocenters. The van der Waals surface area contributed by atoms with Gasteiger partial charge in [-0.05, 0) is 29.1 Å². The van der Waals surface area contributed by atoms with E-state index in [9.17, 15) is 15.2 Å². The van der Waals surface area contributed by atoms with Crippen LogP contribution in [0.15, 0.2) is 76.9 Å². The molecular weight excluding hydrogens is 366 g/mol. The number of fused-ring (bicyclic) bond motifs is 5. The Hall–Kier alpha value is -4.24. The van der Waals surface area contributed by atoms with Crippen LogP contribution in [0, 0.1) is 11.3 Å². The summed E-state index contributed by atoms with van der Waals surface area (Å²) in [5.41, 5.74) is 7.55. The van der Waals surface area contributed by atoms with Crippen molar-refractivity contribution in [3.63, 3.8) is 0 Å². The fourth-order valence-electron chi connectivity index (χ4n) is 3.97. The first-order valence-corrected chi connectivity index (χ1v) is 9.02. The van der Waals surface area contributed by atoms with Crippen molar-refractivity contribution in [2.24, 2.45) is 5.73 Å². The number of hydrogen-bond acceptors (Lipinski definition) is 5. The van der Waals surface area contributed by atoms with E-state index in [2.05, 4.69) is 11.1 Å². The van der Waals surface area contributed by atoms with E-state index in [4.69, 9.17) is 10.5 Å². The normalized spacial score (nSPS) is 15.8. The van der Waals surface area contributed by atoms with E-state index < -0.39 is 5.92 Å². The predicted molar refractivity (Wildman–Crippen MR) is 109 cm³/mol. The molecular formula is C23H15N3O3. The quantitative estimate of drug-likeness (QED) is 0.436. The Balaban J connectivity index is 1.88. The zero-order valence-corrected chi connectivity index (χ0v) is 15.1. The number of hydrogen-bond donors (Lipinski definition) is 3. The molecule has 0 radical (unpaired) electrons. The molecule has 0 spiro atoms. The molecule has 3 aromatic carbocycles. The largest absolute Gasteiger partial charge is 0.508 e. The van der Waals surface area contributed by atoms with Crippen molar-refractivity contribution in [3.8, 4) is 17.6 Å². The summed E-state index contributed by atoms with van der Waals surface area (Å²) in [6.07, 6.45) is 0. The maximum atomic E-state index is 13.2. The zero-order valence-electron chi connectivity index (χ0n) is 15.1. The van der Waals surface area contributed by atoms with E-state index in [-0.39, 0.29) is 22.8 Å². The van der Waals surface area contributed by atoms with E-state index >= 15 is 0 Å². The van der Waals surface area contributed by atoms with Crippen LogP contribution in [-0.2, 0) is 0 Å². The Kier molecular flexibility index (Phi) is 3.58. The van der Waals surface area contributed by atoms with Crippen LogP contribution in [0.3, 0.4) is 0 Å². The van der Waals surface area contributed by atoms with Gasteiger partial charge in [0.15, 0.2) is 0 Å². The number of H-pyrrole nitrogens is 1. The van der Waals surface area contributed by atoms with Crippen LogP contribution in [0.4, 0.5) is 0 Å². The van der Waals surface area contributed by atoms with E-state index in [0.717, 1.165) is 10.8 Å². The number of pyridine rings is 1. The number of nitrogens with two attached hydrogens (primary N) is 1. The van der Waals surface area contributed by atoms with Crippen molar-refractivity contribution in [2.75, 3.05) is 0 Å². The van der Waals surface area contributed by atoms with Crippen LogP contribution in [0.1, 0.15) is 17.0 Å². The lowest BCUT2D eigenvalue weighted by molar-refractivity contribution is 0.397. The highest BCUT2D eigenvalue weighted by molar-refractivity contribution is 6.07. The van der Waals surface area contributed by atoms with Crippen molar-refractivity contribution in [1.29, 1.82) is 5.26 Å². The van der Waals surface area contributed by atoms with Crippen LogP contribution < -0.4 is 16.0 Å². The lowest BCUT2D eigenvalue weighted by Gasteiger charge is -2.26. The van der Waals surface area contributed by atoms with Gasteiger partial charge in [-0.25, -0.2) is 0 Å². The van der Waals surface area contributed by atoms with Gasteiger partial charge in [0.2, 0.25) is 5.88 Å². The highest BCUT2D eigenvalue weighted by atomic mass is 16.5. The smallest absolute Gasteiger partial charge is 0.256 e. The monoisotopic (exact) mass is 381 g/mol. The first-order valence-electron chi connectivity index (χ1n) is 9.02. The Morgan fingerprint density at radius 2 is 1.79 bits per heavy atom. The third kappa shape index (κ3) is 2.45. The van der Waals surface area contributed by atoms with Crippen molar-refractivity contribution in [1.82, 2.24) is 4.98 Å². The van der Waals surface area contributed by atoms with Crippen LogP contribution in [0.5, 0.6) is 11.5 Å². The summed E-state index contributed by atoms with van der Waals surface area (Å²) >= 11 is 0. The lowest BCUT2D eigenvalue weighted by atomic mass is 9.83. The summed E-state index contributed by atoms with van der Waals surface area (Å²) in [6.45, 7) is 0. The number of nitrogens with one attached hydrogen (secondary N) is 1. The minimum absolute atomic E-state index is 0.0295. The summed E-state index contributed by atoms with van der Waals surface area (Å²) in [5, 5.41) is 21.9. The molecule has 140 valence electrons. The molecule has 1 aromatic heterocycles. The van der Waals surface area contributed by atoms with Gasteiger partial charge in [0.05, 0.1) is 17.0 Å². The van der Waals surface area contributed by atoms with E-state index in [1.54, 1.807) is 12.1 Å². The highest BCUT2D eigenvalue weighted by Crippen LogP contribution is 2.44. The summed E-state index contributed by atoms with van der Waals surface area (Å²) in [7, 11) is 0. The molecule has 4 N–H and O–H groups in total. The SMILES string of the molecule is N#CC1=C(N)Oc2c(c(=O)[nH]c3c2ccc2ccccc23)C1c1ccc(O)cc1. The number of aromatic hydroxyl groups is 1. The maximum Gasteiger partial charge on any atom is 0.256 e. The van der Waals surface area contributed by atoms with Crippen LogP contribution in [-0.4, -0.2) is 10.1 Å². The first-order chi connectivity index (χ1) is 14.1. The van der Waals surface area contributed by atoms with Crippen molar-refractivity contribution in [2.45, 2.75) is 5.92 Å². The topological polar surface area (TPSA) is 112 Å². The van der Waals surface area contributed by atoms with Gasteiger partial charge in [-0.2, -0.15) is 5.26 Å². The number of rotatable bonds is 1. The van der Waals surface area contributed by atoms with Crippen molar-refractivity contribution >= 4 is 21.7 Å². The van der Waals surface area contributed by atoms with Gasteiger partial charge in [-0.1, -0.05) is 42.5 Å². The summed E-state index contributed by atoms with van der Waals surface area (Å²) in [5.74, 6) is -0.276. The summed E-state index contributed by atoms with van der Waals surface area (Å²) < 4.78 is 5.82. The summed E-state index contributed by atoms with van der Waals surface area (Å²) in [6, 6.07) is 20.0. The molecule has 0 saturated heterocycles. The van der Waals surface area contributed by atoms with Crippen LogP contribution >= 0.6 is 0 Å². The summed E-state index contributed by atoms with van der Waals surface area (Å²) in [4.78, 5) is 16.2. The fourth-order valence-corrected chi connectivity index (χ4v) is 3.97. The fraction of sp³-hybridized carbons (Fsp3) is 0.0435. The molecule has 4 aromatic rings. The number of aromatic nitrogens is 1. The molecule has 0 fully saturated rings. The number of phenolic OH excluding ortho intramolecular Hbond substituents is 1. The molecule has 0 bridgehead atoms. The van der Waals surface area contributed by atoms with E-state index in [0.29, 0.717) is 27.8 Å². The Morgan fingerprint density at radius 3 is 2.55 bits per heavy atom. The molecule has 2 heterocycles. The van der Waals surface area contributed by atoms with Crippen LogP contribution in [0.2, 0.25) is 0 Å². The molecule has 0 saturated carbocycles. The second kappa shape index (κ2) is 6.14. The Labute approximate surface area is 165 Å². The zero-order chi connectivity index (χ0) is 20.1. The minimum atomic E-state index is -0.691. The second-order valence-electron chi connectivity index (χ2n) is 6.92. The molecule has 0 aliphatic carbocycles. The van der Waals surface area contributed by atoms with Gasteiger partial charge in [-0.3, -0.25) is 4.79 Å². The predicted octanol–water partition coefficient (Wildman–Crippen LogP) is 3.61. The number of aromatic amines is 1. The van der Waals surface area contributed by atoms with E-state index in [1.165, 1.54) is 12.1 Å². The van der Waals surface area contributed by atoms with Gasteiger partial charge >= 0.3 is 0 Å². The van der Waals surface area contributed by atoms with Gasteiger partial charge in [-0.15, -0.1) is 0 Å². The molecule has 1 aliphatic rings. The molecule has 29 heavy (non-hydrogen) atoms. The minimum Gasteiger partial charge on any atom is -0.508 e. The maximum absolute atomic E-state index is 13.2. The number of nitriles is 1. The molecule has 5 rings (SSSR count). The van der Waals surface area contributed by atoms with E-state index in [1.807, 2.05) is 36.4 Å². The number of benzene rings is 3. The number of ether oxygens (including phenoxy) is 1. The molecule has 6 heteroatoms. The van der Waals surface area contributed by atoms with Gasteiger partial charge in [0, 0.05) is 10.8 Å².